The maximum Gasteiger partial charge on any atom is 0.490 e. The van der Waals surface area contributed by atoms with E-state index in [2.05, 4.69) is 19.9 Å². The quantitative estimate of drug-likeness (QED) is 0.629. The Bertz CT molecular complexity index is 1170. The molecule has 2 aliphatic heterocycles. The van der Waals surface area contributed by atoms with Gasteiger partial charge in [0, 0.05) is 37.4 Å². The second kappa shape index (κ2) is 8.64. The summed E-state index contributed by atoms with van der Waals surface area (Å²) in [4.78, 5) is 39.4. The second-order valence-corrected chi connectivity index (χ2v) is 7.84. The summed E-state index contributed by atoms with van der Waals surface area (Å²) in [6.45, 7) is 2.40. The number of carbonyl (C=O) groups excluding carboxylic acids is 1. The van der Waals surface area contributed by atoms with Crippen LogP contribution in [0.25, 0.3) is 10.9 Å². The maximum absolute atomic E-state index is 13.0. The molecule has 0 aliphatic carbocycles. The van der Waals surface area contributed by atoms with Crippen molar-refractivity contribution in [2.75, 3.05) is 24.5 Å². The minimum atomic E-state index is -5.08. The number of amides is 1. The van der Waals surface area contributed by atoms with E-state index >= 15 is 0 Å². The number of hydrogen-bond donors (Lipinski definition) is 1. The van der Waals surface area contributed by atoms with Crippen molar-refractivity contribution in [2.45, 2.75) is 24.6 Å². The topological polar surface area (TPSA) is 99.5 Å². The van der Waals surface area contributed by atoms with Gasteiger partial charge in [0.25, 0.3) is 5.91 Å². The van der Waals surface area contributed by atoms with Crippen molar-refractivity contribution in [1.82, 2.24) is 19.9 Å². The maximum atomic E-state index is 13.0. The lowest BCUT2D eigenvalue weighted by Crippen LogP contribution is -2.62. The Kier molecular flexibility index (Phi) is 5.88. The second-order valence-electron chi connectivity index (χ2n) is 7.84. The van der Waals surface area contributed by atoms with Gasteiger partial charge in [-0.15, -0.1) is 0 Å². The number of aromatic nitrogens is 3. The van der Waals surface area contributed by atoms with Crippen molar-refractivity contribution in [1.29, 1.82) is 0 Å². The Morgan fingerprint density at radius 1 is 0.970 bits per heavy atom. The van der Waals surface area contributed by atoms with Crippen molar-refractivity contribution >= 4 is 28.7 Å². The molecule has 2 fully saturated rings. The van der Waals surface area contributed by atoms with Crippen molar-refractivity contribution in [2.24, 2.45) is 0 Å². The summed E-state index contributed by atoms with van der Waals surface area (Å²) in [5.41, 5.74) is 1.35. The highest BCUT2D eigenvalue weighted by Gasteiger charge is 2.51. The molecule has 8 nitrogen and oxygen atoms in total. The van der Waals surface area contributed by atoms with E-state index < -0.39 is 12.1 Å². The van der Waals surface area contributed by atoms with Crippen LogP contribution in [0.4, 0.5) is 19.1 Å². The molecule has 1 N–H and O–H groups in total. The van der Waals surface area contributed by atoms with Gasteiger partial charge in [-0.25, -0.2) is 19.7 Å². The lowest BCUT2D eigenvalue weighted by molar-refractivity contribution is -0.192. The summed E-state index contributed by atoms with van der Waals surface area (Å²) in [7, 11) is 0. The Balaban J connectivity index is 0.000000325. The van der Waals surface area contributed by atoms with Crippen LogP contribution in [0.2, 0.25) is 0 Å². The molecule has 1 unspecified atom stereocenters. The van der Waals surface area contributed by atoms with Gasteiger partial charge in [-0.05, 0) is 31.0 Å². The number of pyridine rings is 1. The van der Waals surface area contributed by atoms with E-state index in [-0.39, 0.29) is 11.4 Å². The number of halogens is 3. The molecule has 172 valence electrons. The number of benzene rings is 1. The number of carboxylic acid groups (broad SMARTS) is 1. The predicted octanol–water partition coefficient (Wildman–Crippen LogP) is 3.15. The largest absolute Gasteiger partial charge is 0.490 e. The predicted molar refractivity (Wildman–Crippen MR) is 113 cm³/mol. The van der Waals surface area contributed by atoms with Gasteiger partial charge in [0.05, 0.1) is 11.1 Å². The van der Waals surface area contributed by atoms with Crippen LogP contribution in [0.1, 0.15) is 23.3 Å². The number of likely N-dealkylation sites (tertiary alicyclic amines) is 1. The normalized spacial score (nSPS) is 19.7. The Morgan fingerprint density at radius 3 is 2.27 bits per heavy atom. The van der Waals surface area contributed by atoms with E-state index in [0.29, 0.717) is 12.2 Å². The fourth-order valence-electron chi connectivity index (χ4n) is 4.08. The highest BCUT2D eigenvalue weighted by Crippen LogP contribution is 2.41. The van der Waals surface area contributed by atoms with E-state index in [9.17, 15) is 18.0 Å². The van der Waals surface area contributed by atoms with Crippen molar-refractivity contribution in [3.63, 3.8) is 0 Å². The zero-order valence-corrected chi connectivity index (χ0v) is 17.4. The molecule has 11 heteroatoms. The SMILES string of the molecule is O=C(O)C(F)(F)F.O=C(c1ccc2ccccc2n1)N1CCC2(CCN2c2ncccn2)C1. The molecule has 2 aliphatic rings. The smallest absolute Gasteiger partial charge is 0.475 e. The summed E-state index contributed by atoms with van der Waals surface area (Å²) in [6, 6.07) is 13.5. The number of fused-ring (bicyclic) bond motifs is 1. The van der Waals surface area contributed by atoms with Gasteiger partial charge in [0.2, 0.25) is 5.95 Å². The van der Waals surface area contributed by atoms with Crippen LogP contribution < -0.4 is 4.90 Å². The van der Waals surface area contributed by atoms with Crippen molar-refractivity contribution in [3.8, 4) is 0 Å². The molecule has 2 aromatic heterocycles. The molecule has 1 amide bonds. The summed E-state index contributed by atoms with van der Waals surface area (Å²) >= 11 is 0. The van der Waals surface area contributed by atoms with Gasteiger partial charge in [0.15, 0.2) is 0 Å². The molecule has 0 saturated carbocycles. The molecule has 1 spiro atoms. The van der Waals surface area contributed by atoms with Gasteiger partial charge in [0.1, 0.15) is 5.69 Å². The van der Waals surface area contributed by atoms with Crippen molar-refractivity contribution < 1.29 is 27.9 Å². The van der Waals surface area contributed by atoms with Crippen LogP contribution >= 0.6 is 0 Å². The molecular formula is C22H20F3N5O3. The number of alkyl halides is 3. The molecule has 5 rings (SSSR count). The van der Waals surface area contributed by atoms with E-state index in [1.165, 1.54) is 0 Å². The number of aliphatic carboxylic acids is 1. The van der Waals surface area contributed by atoms with Gasteiger partial charge >= 0.3 is 12.1 Å². The molecule has 3 aromatic rings. The molecule has 2 saturated heterocycles. The van der Waals surface area contributed by atoms with Crippen LogP contribution in [0.3, 0.4) is 0 Å². The standard InChI is InChI=1S/C20H19N5O.C2HF3O2/c26-18(17-7-6-15-4-1-2-5-16(15)23-17)24-12-8-20(14-24)9-13-25(20)19-21-10-3-11-22-19;3-2(4,5)1(6)7/h1-7,10-11H,8-9,12-14H2;(H,6,7). The number of carboxylic acids is 1. The highest BCUT2D eigenvalue weighted by atomic mass is 19.4. The average Bonchev–Trinajstić information content (AvgIpc) is 3.26. The van der Waals surface area contributed by atoms with Crippen LogP contribution in [-0.2, 0) is 4.79 Å². The van der Waals surface area contributed by atoms with E-state index in [4.69, 9.17) is 9.90 Å². The van der Waals surface area contributed by atoms with Crippen LogP contribution in [0.15, 0.2) is 54.9 Å². The van der Waals surface area contributed by atoms with E-state index in [0.717, 1.165) is 42.8 Å². The first kappa shape index (κ1) is 22.4. The summed E-state index contributed by atoms with van der Waals surface area (Å²) in [5, 5.41) is 8.17. The first-order valence-electron chi connectivity index (χ1n) is 10.2. The molecule has 33 heavy (non-hydrogen) atoms. The number of nitrogens with zero attached hydrogens (tertiary/aromatic N) is 5. The highest BCUT2D eigenvalue weighted by molar-refractivity contribution is 5.95. The van der Waals surface area contributed by atoms with Crippen LogP contribution in [0, 0.1) is 0 Å². The van der Waals surface area contributed by atoms with Gasteiger partial charge < -0.3 is 14.9 Å². The first-order valence-corrected chi connectivity index (χ1v) is 10.2. The average molecular weight is 459 g/mol. The summed E-state index contributed by atoms with van der Waals surface area (Å²) in [6.07, 6.45) is 0.473. The van der Waals surface area contributed by atoms with E-state index in [1.54, 1.807) is 12.4 Å². The van der Waals surface area contributed by atoms with Crippen molar-refractivity contribution in [3.05, 3.63) is 60.6 Å². The van der Waals surface area contributed by atoms with Crippen LogP contribution in [-0.4, -0.2) is 68.2 Å². The third-order valence-corrected chi connectivity index (χ3v) is 5.85. The summed E-state index contributed by atoms with van der Waals surface area (Å²) < 4.78 is 31.7. The minimum Gasteiger partial charge on any atom is -0.475 e. The number of carbonyl (C=O) groups is 2. The number of anilines is 1. The van der Waals surface area contributed by atoms with Gasteiger partial charge in [-0.1, -0.05) is 24.3 Å². The van der Waals surface area contributed by atoms with Crippen LogP contribution in [0.5, 0.6) is 0 Å². The van der Waals surface area contributed by atoms with Gasteiger partial charge in [-0.3, -0.25) is 4.79 Å². The number of para-hydroxylation sites is 1. The molecule has 1 aromatic carbocycles. The fraction of sp³-hybridized carbons (Fsp3) is 0.318. The third kappa shape index (κ3) is 4.57. The zero-order valence-electron chi connectivity index (χ0n) is 17.4. The fourth-order valence-corrected chi connectivity index (χ4v) is 4.08. The molecule has 4 heterocycles. The molecular weight excluding hydrogens is 439 g/mol. The number of rotatable bonds is 2. The first-order chi connectivity index (χ1) is 15.7. The third-order valence-electron chi connectivity index (χ3n) is 5.85. The minimum absolute atomic E-state index is 0.00783. The lowest BCUT2D eigenvalue weighted by Gasteiger charge is -2.50. The van der Waals surface area contributed by atoms with Gasteiger partial charge in [-0.2, -0.15) is 13.2 Å². The number of hydrogen-bond acceptors (Lipinski definition) is 6. The molecule has 0 bridgehead atoms. The molecule has 1 atom stereocenters. The zero-order chi connectivity index (χ0) is 23.6. The Labute approximate surface area is 186 Å². The molecule has 0 radical (unpaired) electrons. The monoisotopic (exact) mass is 459 g/mol. The summed E-state index contributed by atoms with van der Waals surface area (Å²) in [5.74, 6) is -1.99. The Morgan fingerprint density at radius 2 is 1.64 bits per heavy atom. The Hall–Kier alpha value is -3.76. The lowest BCUT2D eigenvalue weighted by atomic mass is 9.84. The van der Waals surface area contributed by atoms with E-state index in [1.807, 2.05) is 47.4 Å².